The van der Waals surface area contributed by atoms with Gasteiger partial charge in [-0.1, -0.05) is 0 Å². The van der Waals surface area contributed by atoms with Crippen LogP contribution in [0.2, 0.25) is 0 Å². The second kappa shape index (κ2) is 4.93. The van der Waals surface area contributed by atoms with Crippen molar-refractivity contribution in [2.45, 2.75) is 32.9 Å². The Morgan fingerprint density at radius 3 is 2.93 bits per heavy atom. The van der Waals surface area contributed by atoms with Gasteiger partial charge < -0.3 is 9.84 Å². The Kier molecular flexibility index (Phi) is 3.85. The average molecular weight is 212 g/mol. The molecule has 1 unspecified atom stereocenters. The number of hydrogen-bond acceptors (Lipinski definition) is 4. The Morgan fingerprint density at radius 2 is 2.40 bits per heavy atom. The second-order valence-corrected chi connectivity index (χ2v) is 3.34. The molecule has 0 aromatic carbocycles. The fraction of sp³-hybridized carbons (Fsp3) is 0.600. The molecule has 1 atom stereocenters. The molecule has 1 aromatic heterocycles. The summed E-state index contributed by atoms with van der Waals surface area (Å²) in [5.41, 5.74) is 1.72. The normalized spacial score (nSPS) is 12.5. The maximum Gasteiger partial charge on any atom is 0.335 e. The first-order chi connectivity index (χ1) is 7.08. The number of hydrogen-bond donors (Lipinski definition) is 1. The molecule has 0 bridgehead atoms. The highest BCUT2D eigenvalue weighted by Crippen LogP contribution is 2.07. The lowest BCUT2D eigenvalue weighted by atomic mass is 10.2. The smallest absolute Gasteiger partial charge is 0.335 e. The van der Waals surface area contributed by atoms with Crippen LogP contribution in [0, 0.1) is 6.92 Å². The molecule has 15 heavy (non-hydrogen) atoms. The van der Waals surface area contributed by atoms with Crippen LogP contribution in [-0.2, 0) is 22.5 Å². The number of aliphatic hydroxyl groups excluding tert-OH is 1. The van der Waals surface area contributed by atoms with Crippen molar-refractivity contribution >= 4 is 5.97 Å². The van der Waals surface area contributed by atoms with E-state index in [1.807, 2.05) is 19.9 Å². The zero-order chi connectivity index (χ0) is 11.4. The van der Waals surface area contributed by atoms with Crippen LogP contribution in [0.1, 0.15) is 18.3 Å². The van der Waals surface area contributed by atoms with E-state index in [2.05, 4.69) is 9.84 Å². The second-order valence-electron chi connectivity index (χ2n) is 3.34. The van der Waals surface area contributed by atoms with E-state index in [0.29, 0.717) is 0 Å². The van der Waals surface area contributed by atoms with Gasteiger partial charge in [0, 0.05) is 18.7 Å². The quantitative estimate of drug-likeness (QED) is 0.728. The first kappa shape index (κ1) is 11.7. The topological polar surface area (TPSA) is 64.3 Å². The van der Waals surface area contributed by atoms with E-state index < -0.39 is 12.1 Å². The Bertz CT molecular complexity index is 346. The van der Waals surface area contributed by atoms with E-state index in [-0.39, 0.29) is 6.42 Å². The predicted octanol–water partition coefficient (Wildman–Crippen LogP) is 0.288. The summed E-state index contributed by atoms with van der Waals surface area (Å²) in [6.45, 7) is 4.55. The number of nitrogens with zero attached hydrogens (tertiary/aromatic N) is 2. The van der Waals surface area contributed by atoms with Crippen LogP contribution in [0.3, 0.4) is 0 Å². The molecular weight excluding hydrogens is 196 g/mol. The first-order valence-electron chi connectivity index (χ1n) is 4.87. The monoisotopic (exact) mass is 212 g/mol. The third kappa shape index (κ3) is 2.79. The Hall–Kier alpha value is -1.36. The number of methoxy groups -OCH3 is 1. The van der Waals surface area contributed by atoms with Crippen LogP contribution in [0.5, 0.6) is 0 Å². The molecule has 5 nitrogen and oxygen atoms in total. The summed E-state index contributed by atoms with van der Waals surface area (Å²) in [4.78, 5) is 11.0. The SMILES string of the molecule is CCn1nc(C)cc1CC(O)C(=O)OC. The van der Waals surface area contributed by atoms with Crippen molar-refractivity contribution in [2.24, 2.45) is 0 Å². The molecule has 0 aliphatic rings. The molecular formula is C10H16N2O3. The lowest BCUT2D eigenvalue weighted by Gasteiger charge is -2.09. The van der Waals surface area contributed by atoms with E-state index in [4.69, 9.17) is 0 Å². The van der Waals surface area contributed by atoms with Crippen LogP contribution >= 0.6 is 0 Å². The molecule has 0 aliphatic heterocycles. The minimum absolute atomic E-state index is 0.237. The van der Waals surface area contributed by atoms with Crippen LogP contribution in [-0.4, -0.2) is 34.1 Å². The number of ether oxygens (including phenoxy) is 1. The molecule has 1 rings (SSSR count). The van der Waals surface area contributed by atoms with Gasteiger partial charge in [0.05, 0.1) is 12.8 Å². The van der Waals surface area contributed by atoms with Gasteiger partial charge in [0.2, 0.25) is 0 Å². The summed E-state index contributed by atoms with van der Waals surface area (Å²) in [5.74, 6) is -0.614. The summed E-state index contributed by atoms with van der Waals surface area (Å²) >= 11 is 0. The zero-order valence-corrected chi connectivity index (χ0v) is 9.23. The van der Waals surface area contributed by atoms with Gasteiger partial charge >= 0.3 is 5.97 Å². The lowest BCUT2D eigenvalue weighted by molar-refractivity contribution is -0.150. The summed E-state index contributed by atoms with van der Waals surface area (Å²) < 4.78 is 6.21. The van der Waals surface area contributed by atoms with E-state index in [9.17, 15) is 9.90 Å². The molecule has 1 heterocycles. The number of rotatable bonds is 4. The maximum absolute atomic E-state index is 11.0. The third-order valence-corrected chi connectivity index (χ3v) is 2.16. The van der Waals surface area contributed by atoms with Crippen molar-refractivity contribution in [3.05, 3.63) is 17.5 Å². The Morgan fingerprint density at radius 1 is 1.73 bits per heavy atom. The number of aliphatic hydroxyl groups is 1. The zero-order valence-electron chi connectivity index (χ0n) is 9.23. The Balaban J connectivity index is 2.75. The predicted molar refractivity (Wildman–Crippen MR) is 54.4 cm³/mol. The number of carbonyl (C=O) groups excluding carboxylic acids is 1. The number of esters is 1. The standard InChI is InChI=1S/C10H16N2O3/c1-4-12-8(5-7(2)11-12)6-9(13)10(14)15-3/h5,9,13H,4,6H2,1-3H3. The van der Waals surface area contributed by atoms with Crippen LogP contribution in [0.25, 0.3) is 0 Å². The molecule has 0 saturated carbocycles. The fourth-order valence-corrected chi connectivity index (χ4v) is 1.45. The summed E-state index contributed by atoms with van der Waals surface area (Å²) in [6, 6.07) is 1.86. The van der Waals surface area contributed by atoms with Gasteiger partial charge in [0.1, 0.15) is 0 Å². The molecule has 5 heteroatoms. The van der Waals surface area contributed by atoms with Gasteiger partial charge in [-0.2, -0.15) is 5.10 Å². The summed E-state index contributed by atoms with van der Waals surface area (Å²) in [6.07, 6.45) is -0.877. The molecule has 0 fully saturated rings. The largest absolute Gasteiger partial charge is 0.467 e. The summed E-state index contributed by atoms with van der Waals surface area (Å²) in [5, 5.41) is 13.7. The maximum atomic E-state index is 11.0. The van der Waals surface area contributed by atoms with E-state index in [1.54, 1.807) is 4.68 Å². The molecule has 1 aromatic rings. The van der Waals surface area contributed by atoms with Crippen molar-refractivity contribution in [1.82, 2.24) is 9.78 Å². The van der Waals surface area contributed by atoms with Crippen molar-refractivity contribution in [2.75, 3.05) is 7.11 Å². The fourth-order valence-electron chi connectivity index (χ4n) is 1.45. The molecule has 0 amide bonds. The number of aryl methyl sites for hydroxylation is 2. The highest BCUT2D eigenvalue weighted by atomic mass is 16.5. The molecule has 0 saturated heterocycles. The minimum atomic E-state index is -1.11. The van der Waals surface area contributed by atoms with Crippen LogP contribution < -0.4 is 0 Å². The van der Waals surface area contributed by atoms with Gasteiger partial charge in [-0.05, 0) is 19.9 Å². The first-order valence-corrected chi connectivity index (χ1v) is 4.87. The van der Waals surface area contributed by atoms with Gasteiger partial charge in [-0.25, -0.2) is 4.79 Å². The summed E-state index contributed by atoms with van der Waals surface area (Å²) in [7, 11) is 1.26. The van der Waals surface area contributed by atoms with Gasteiger partial charge in [0.25, 0.3) is 0 Å². The molecule has 84 valence electrons. The van der Waals surface area contributed by atoms with Crippen molar-refractivity contribution in [3.8, 4) is 0 Å². The van der Waals surface area contributed by atoms with Crippen LogP contribution in [0.4, 0.5) is 0 Å². The van der Waals surface area contributed by atoms with Crippen molar-refractivity contribution in [1.29, 1.82) is 0 Å². The highest BCUT2D eigenvalue weighted by molar-refractivity contribution is 5.74. The lowest BCUT2D eigenvalue weighted by Crippen LogP contribution is -2.25. The molecule has 0 spiro atoms. The number of aromatic nitrogens is 2. The third-order valence-electron chi connectivity index (χ3n) is 2.16. The van der Waals surface area contributed by atoms with Crippen molar-refractivity contribution < 1.29 is 14.6 Å². The van der Waals surface area contributed by atoms with E-state index in [1.165, 1.54) is 7.11 Å². The molecule has 0 radical (unpaired) electrons. The highest BCUT2D eigenvalue weighted by Gasteiger charge is 2.18. The average Bonchev–Trinajstić information content (AvgIpc) is 2.57. The van der Waals surface area contributed by atoms with Crippen molar-refractivity contribution in [3.63, 3.8) is 0 Å². The van der Waals surface area contributed by atoms with E-state index >= 15 is 0 Å². The van der Waals surface area contributed by atoms with Crippen LogP contribution in [0.15, 0.2) is 6.07 Å². The Labute approximate surface area is 88.7 Å². The minimum Gasteiger partial charge on any atom is -0.467 e. The van der Waals surface area contributed by atoms with Gasteiger partial charge in [-0.3, -0.25) is 4.68 Å². The number of carbonyl (C=O) groups is 1. The van der Waals surface area contributed by atoms with E-state index in [0.717, 1.165) is 17.9 Å². The van der Waals surface area contributed by atoms with Gasteiger partial charge in [0.15, 0.2) is 6.10 Å². The van der Waals surface area contributed by atoms with Gasteiger partial charge in [-0.15, -0.1) is 0 Å². The molecule has 0 aliphatic carbocycles. The molecule has 1 N–H and O–H groups in total.